The van der Waals surface area contributed by atoms with Gasteiger partial charge in [0.25, 0.3) is 0 Å². The molecule has 19 heteroatoms. The molecule has 0 rings (SSSR count). The highest BCUT2D eigenvalue weighted by Gasteiger charge is 1.99. The lowest BCUT2D eigenvalue weighted by atomic mass is 10.5. The lowest BCUT2D eigenvalue weighted by Crippen LogP contribution is -2.16. The second-order valence-electron chi connectivity index (χ2n) is 10.7. The van der Waals surface area contributed by atoms with Crippen molar-refractivity contribution in [3.63, 3.8) is 0 Å². The number of carboxylic acids is 1. The van der Waals surface area contributed by atoms with Crippen LogP contribution in [0.4, 0.5) is 0 Å². The van der Waals surface area contributed by atoms with Gasteiger partial charge in [-0.15, -0.1) is 0 Å². The van der Waals surface area contributed by atoms with Gasteiger partial charge in [0.1, 0.15) is 0 Å². The molecule has 0 saturated heterocycles. The Bertz CT molecular complexity index is 697. The van der Waals surface area contributed by atoms with Crippen LogP contribution >= 0.6 is 0 Å². The molecule has 0 saturated carbocycles. The molecular weight excluding hydrogens is 724 g/mol. The van der Waals surface area contributed by atoms with Crippen LogP contribution in [0.3, 0.4) is 0 Å². The highest BCUT2D eigenvalue weighted by molar-refractivity contribution is 5.66. The van der Waals surface area contributed by atoms with Crippen LogP contribution in [-0.2, 0) is 80.6 Å². The molecule has 0 unspecified atom stereocenters. The molecule has 0 atom stereocenters. The summed E-state index contributed by atoms with van der Waals surface area (Å²) in [6.07, 6.45) is -0.00658. The molecule has 0 spiro atoms. The van der Waals surface area contributed by atoms with Crippen LogP contribution in [0.1, 0.15) is 6.42 Å². The Morgan fingerprint density at radius 3 is 0.500 bits per heavy atom. The van der Waals surface area contributed by atoms with Crippen molar-refractivity contribution in [2.24, 2.45) is 0 Å². The molecular formula is C35H70O19. The third-order valence-electron chi connectivity index (χ3n) is 6.28. The van der Waals surface area contributed by atoms with E-state index in [1.807, 2.05) is 0 Å². The van der Waals surface area contributed by atoms with E-state index in [0.717, 1.165) is 0 Å². The molecule has 0 aliphatic carbocycles. The van der Waals surface area contributed by atoms with Gasteiger partial charge in [0.2, 0.25) is 0 Å². The zero-order valence-electron chi connectivity index (χ0n) is 32.4. The van der Waals surface area contributed by atoms with Crippen molar-refractivity contribution in [1.29, 1.82) is 0 Å². The zero-order chi connectivity index (χ0) is 38.9. The molecule has 324 valence electrons. The van der Waals surface area contributed by atoms with Gasteiger partial charge in [-0.2, -0.15) is 0 Å². The van der Waals surface area contributed by atoms with Crippen LogP contribution in [0, 0.1) is 0 Å². The lowest BCUT2D eigenvalue weighted by Gasteiger charge is -2.09. The van der Waals surface area contributed by atoms with Crippen LogP contribution in [0.5, 0.6) is 0 Å². The average molecular weight is 795 g/mol. The number of rotatable bonds is 50. The molecule has 0 aliphatic heterocycles. The van der Waals surface area contributed by atoms with Crippen molar-refractivity contribution >= 4 is 5.97 Å². The van der Waals surface area contributed by atoms with Gasteiger partial charge in [0, 0.05) is 0 Å². The summed E-state index contributed by atoms with van der Waals surface area (Å²) in [5, 5.41) is 17.1. The maximum Gasteiger partial charge on any atom is 0.305 e. The minimum Gasteiger partial charge on any atom is -0.481 e. The Morgan fingerprint density at radius 2 is 0.370 bits per heavy atom. The number of aliphatic carboxylic acids is 1. The first kappa shape index (κ1) is 52.8. The molecule has 0 aliphatic rings. The Morgan fingerprint density at radius 1 is 0.241 bits per heavy atom. The molecule has 0 radical (unpaired) electrons. The summed E-state index contributed by atoms with van der Waals surface area (Å²) in [4.78, 5) is 10.3. The topological polar surface area (TPSA) is 205 Å². The minimum absolute atomic E-state index is 0.00658. The van der Waals surface area contributed by atoms with E-state index >= 15 is 0 Å². The Hall–Kier alpha value is -1.21. The van der Waals surface area contributed by atoms with Crippen LogP contribution in [-0.4, -0.2) is 234 Å². The van der Waals surface area contributed by atoms with Crippen molar-refractivity contribution in [1.82, 2.24) is 0 Å². The normalized spacial score (nSPS) is 11.6. The number of ether oxygens (including phenoxy) is 16. The van der Waals surface area contributed by atoms with Crippen molar-refractivity contribution in [2.75, 3.05) is 218 Å². The van der Waals surface area contributed by atoms with Gasteiger partial charge in [-0.25, -0.2) is 0 Å². The van der Waals surface area contributed by atoms with Crippen molar-refractivity contribution in [3.8, 4) is 0 Å². The average Bonchev–Trinajstić information content (AvgIpc) is 3.17. The van der Waals surface area contributed by atoms with E-state index in [1.165, 1.54) is 0 Å². The third kappa shape index (κ3) is 50.8. The summed E-state index contributed by atoms with van der Waals surface area (Å²) < 4.78 is 86.3. The summed E-state index contributed by atoms with van der Waals surface area (Å²) in [6, 6.07) is 0. The summed E-state index contributed by atoms with van der Waals surface area (Å²) in [5.74, 6) is -0.878. The summed E-state index contributed by atoms with van der Waals surface area (Å²) in [5.41, 5.74) is 0. The van der Waals surface area contributed by atoms with Gasteiger partial charge in [0.15, 0.2) is 0 Å². The van der Waals surface area contributed by atoms with E-state index in [1.54, 1.807) is 0 Å². The van der Waals surface area contributed by atoms with Gasteiger partial charge >= 0.3 is 5.97 Å². The van der Waals surface area contributed by atoms with Crippen molar-refractivity contribution in [3.05, 3.63) is 0 Å². The SMILES string of the molecule is O=C(O)CCOCCOCCOCCOCCOCCOCCOCCOCCOCCOCCOCCOCCOCCOCCOCCOCCO. The van der Waals surface area contributed by atoms with Gasteiger partial charge in [-0.1, -0.05) is 0 Å². The Kier molecular flexibility index (Phi) is 48.7. The number of aliphatic hydroxyl groups is 1. The maximum absolute atomic E-state index is 10.3. The van der Waals surface area contributed by atoms with Gasteiger partial charge < -0.3 is 86.0 Å². The largest absolute Gasteiger partial charge is 0.481 e. The highest BCUT2D eigenvalue weighted by atomic mass is 16.6. The fourth-order valence-electron chi connectivity index (χ4n) is 3.62. The standard InChI is InChI=1S/C35H70O19/c36-2-4-40-6-8-42-10-12-44-14-16-46-18-20-48-22-24-50-26-28-52-30-32-54-34-33-53-31-29-51-27-25-49-23-21-47-19-17-45-15-13-43-11-9-41-7-5-39-3-1-35(37)38/h36H,1-34H2,(H,37,38). The lowest BCUT2D eigenvalue weighted by molar-refractivity contribution is -0.138. The Balaban J connectivity index is 3.05. The number of carboxylic acid groups (broad SMARTS) is 1. The number of hydrogen-bond donors (Lipinski definition) is 2. The molecule has 0 aromatic rings. The van der Waals surface area contributed by atoms with Crippen LogP contribution in [0.15, 0.2) is 0 Å². The maximum atomic E-state index is 10.3. The summed E-state index contributed by atoms with van der Waals surface area (Å²) in [7, 11) is 0. The number of aliphatic hydroxyl groups excluding tert-OH is 1. The van der Waals surface area contributed by atoms with Crippen LogP contribution < -0.4 is 0 Å². The second kappa shape index (κ2) is 49.8. The van der Waals surface area contributed by atoms with E-state index in [9.17, 15) is 4.79 Å². The van der Waals surface area contributed by atoms with E-state index in [-0.39, 0.29) is 19.6 Å². The first-order valence-corrected chi connectivity index (χ1v) is 18.8. The molecule has 2 N–H and O–H groups in total. The first-order chi connectivity index (χ1) is 26.8. The van der Waals surface area contributed by atoms with E-state index in [2.05, 4.69) is 0 Å². The molecule has 0 aromatic heterocycles. The van der Waals surface area contributed by atoms with Gasteiger partial charge in [-0.05, 0) is 0 Å². The fraction of sp³-hybridized carbons (Fsp3) is 0.971. The van der Waals surface area contributed by atoms with Gasteiger partial charge in [0.05, 0.1) is 224 Å². The zero-order valence-corrected chi connectivity index (χ0v) is 32.4. The smallest absolute Gasteiger partial charge is 0.305 e. The molecule has 19 nitrogen and oxygen atoms in total. The molecule has 0 aromatic carbocycles. The summed E-state index contributed by atoms with van der Waals surface area (Å²) in [6.45, 7) is 14.8. The van der Waals surface area contributed by atoms with Gasteiger partial charge in [-0.3, -0.25) is 4.79 Å². The quantitative estimate of drug-likeness (QED) is 0.0760. The predicted molar refractivity (Wildman–Crippen MR) is 192 cm³/mol. The van der Waals surface area contributed by atoms with E-state index in [0.29, 0.717) is 205 Å². The first-order valence-electron chi connectivity index (χ1n) is 18.8. The molecule has 0 bridgehead atoms. The predicted octanol–water partition coefficient (Wildman–Crippen LogP) is -0.281. The van der Waals surface area contributed by atoms with Crippen molar-refractivity contribution < 1.29 is 90.8 Å². The minimum atomic E-state index is -0.878. The summed E-state index contributed by atoms with van der Waals surface area (Å²) >= 11 is 0. The van der Waals surface area contributed by atoms with Crippen LogP contribution in [0.2, 0.25) is 0 Å². The monoisotopic (exact) mass is 794 g/mol. The van der Waals surface area contributed by atoms with E-state index in [4.69, 9.17) is 86.0 Å². The third-order valence-corrected chi connectivity index (χ3v) is 6.28. The number of carbonyl (C=O) groups is 1. The molecule has 0 heterocycles. The molecule has 0 amide bonds. The van der Waals surface area contributed by atoms with Crippen LogP contribution in [0.25, 0.3) is 0 Å². The Labute approximate surface area is 321 Å². The second-order valence-corrected chi connectivity index (χ2v) is 10.7. The van der Waals surface area contributed by atoms with E-state index < -0.39 is 5.97 Å². The highest BCUT2D eigenvalue weighted by Crippen LogP contribution is 1.89. The number of hydrogen-bond acceptors (Lipinski definition) is 18. The molecule has 0 fully saturated rings. The molecule has 54 heavy (non-hydrogen) atoms. The van der Waals surface area contributed by atoms with Crippen molar-refractivity contribution in [2.45, 2.75) is 6.42 Å². The fourth-order valence-corrected chi connectivity index (χ4v) is 3.62.